The molecular formula is C16H14N2O4. The summed E-state index contributed by atoms with van der Waals surface area (Å²) in [6.07, 6.45) is 0.634. The first-order valence-corrected chi connectivity index (χ1v) is 6.84. The van der Waals surface area contributed by atoms with Crippen molar-refractivity contribution in [2.75, 3.05) is 7.11 Å². The molecule has 0 bridgehead atoms. The van der Waals surface area contributed by atoms with Gasteiger partial charge in [-0.1, -0.05) is 6.92 Å². The Labute approximate surface area is 126 Å². The number of aryl methyl sites for hydroxylation is 1. The molecule has 0 saturated heterocycles. The summed E-state index contributed by atoms with van der Waals surface area (Å²) in [5.41, 5.74) is 2.69. The highest BCUT2D eigenvalue weighted by molar-refractivity contribution is 5.82. The van der Waals surface area contributed by atoms with Gasteiger partial charge in [0, 0.05) is 23.3 Å². The number of benzene rings is 2. The molecule has 0 saturated carbocycles. The predicted molar refractivity (Wildman–Crippen MR) is 82.0 cm³/mol. The minimum Gasteiger partial charge on any atom is -0.497 e. The number of nitro benzene ring substituents is 1. The molecule has 6 heteroatoms. The van der Waals surface area contributed by atoms with Crippen LogP contribution < -0.4 is 4.74 Å². The van der Waals surface area contributed by atoms with Crippen molar-refractivity contribution in [1.82, 2.24) is 4.98 Å². The summed E-state index contributed by atoms with van der Waals surface area (Å²) in [6, 6.07) is 10.3. The third kappa shape index (κ3) is 2.39. The van der Waals surface area contributed by atoms with E-state index in [1.165, 1.54) is 12.1 Å². The van der Waals surface area contributed by atoms with Gasteiger partial charge in [0.2, 0.25) is 5.89 Å². The third-order valence-corrected chi connectivity index (χ3v) is 3.48. The van der Waals surface area contributed by atoms with Crippen molar-refractivity contribution < 1.29 is 14.1 Å². The average molecular weight is 298 g/mol. The van der Waals surface area contributed by atoms with Crippen molar-refractivity contribution in [3.8, 4) is 17.2 Å². The van der Waals surface area contributed by atoms with Gasteiger partial charge in [-0.25, -0.2) is 4.98 Å². The number of methoxy groups -OCH3 is 1. The number of hydrogen-bond acceptors (Lipinski definition) is 5. The molecule has 0 atom stereocenters. The SMILES string of the molecule is CCc1cc([N+](=O)[O-])cc2nc(-c3ccc(OC)cc3)oc12. The van der Waals surface area contributed by atoms with Crippen molar-refractivity contribution in [3.05, 3.63) is 52.1 Å². The van der Waals surface area contributed by atoms with Crippen LogP contribution in [0.2, 0.25) is 0 Å². The fourth-order valence-corrected chi connectivity index (χ4v) is 2.31. The fourth-order valence-electron chi connectivity index (χ4n) is 2.31. The molecule has 0 unspecified atom stereocenters. The van der Waals surface area contributed by atoms with Crippen molar-refractivity contribution in [1.29, 1.82) is 0 Å². The van der Waals surface area contributed by atoms with Gasteiger partial charge in [0.15, 0.2) is 5.58 Å². The second-order valence-electron chi connectivity index (χ2n) is 4.81. The molecule has 1 heterocycles. The lowest BCUT2D eigenvalue weighted by molar-refractivity contribution is -0.384. The van der Waals surface area contributed by atoms with E-state index in [0.29, 0.717) is 23.4 Å². The molecule has 0 spiro atoms. The van der Waals surface area contributed by atoms with Crippen LogP contribution in [0.5, 0.6) is 5.75 Å². The second-order valence-corrected chi connectivity index (χ2v) is 4.81. The lowest BCUT2D eigenvalue weighted by atomic mass is 10.1. The predicted octanol–water partition coefficient (Wildman–Crippen LogP) is 3.97. The van der Waals surface area contributed by atoms with Gasteiger partial charge in [0.25, 0.3) is 5.69 Å². The summed E-state index contributed by atoms with van der Waals surface area (Å²) in [5.74, 6) is 1.18. The average Bonchev–Trinajstić information content (AvgIpc) is 2.97. The van der Waals surface area contributed by atoms with E-state index in [1.54, 1.807) is 7.11 Å². The maximum atomic E-state index is 11.0. The topological polar surface area (TPSA) is 78.4 Å². The van der Waals surface area contributed by atoms with Crippen molar-refractivity contribution >= 4 is 16.8 Å². The molecule has 0 radical (unpaired) electrons. The first-order chi connectivity index (χ1) is 10.6. The quantitative estimate of drug-likeness (QED) is 0.538. The Bertz CT molecular complexity index is 837. The zero-order valence-corrected chi connectivity index (χ0v) is 12.2. The molecule has 0 fully saturated rings. The molecule has 0 aliphatic heterocycles. The van der Waals surface area contributed by atoms with Gasteiger partial charge in [-0.2, -0.15) is 0 Å². The van der Waals surface area contributed by atoms with Crippen LogP contribution in [0.3, 0.4) is 0 Å². The Morgan fingerprint density at radius 3 is 2.59 bits per heavy atom. The molecule has 22 heavy (non-hydrogen) atoms. The maximum Gasteiger partial charge on any atom is 0.272 e. The van der Waals surface area contributed by atoms with Crippen LogP contribution in [0.1, 0.15) is 12.5 Å². The number of hydrogen-bond donors (Lipinski definition) is 0. The first-order valence-electron chi connectivity index (χ1n) is 6.84. The molecule has 0 aliphatic rings. The first kappa shape index (κ1) is 14.1. The van der Waals surface area contributed by atoms with Gasteiger partial charge in [0.05, 0.1) is 12.0 Å². The summed E-state index contributed by atoms with van der Waals surface area (Å²) >= 11 is 0. The summed E-state index contributed by atoms with van der Waals surface area (Å²) in [7, 11) is 1.60. The van der Waals surface area contributed by atoms with Gasteiger partial charge in [-0.3, -0.25) is 10.1 Å². The fraction of sp³-hybridized carbons (Fsp3) is 0.188. The highest BCUT2D eigenvalue weighted by atomic mass is 16.6. The molecule has 3 rings (SSSR count). The van der Waals surface area contributed by atoms with Crippen LogP contribution in [-0.4, -0.2) is 17.0 Å². The highest BCUT2D eigenvalue weighted by Crippen LogP contribution is 2.31. The Hall–Kier alpha value is -2.89. The Morgan fingerprint density at radius 2 is 2.00 bits per heavy atom. The zero-order valence-electron chi connectivity index (χ0n) is 12.2. The van der Waals surface area contributed by atoms with Crippen LogP contribution >= 0.6 is 0 Å². The smallest absolute Gasteiger partial charge is 0.272 e. The maximum absolute atomic E-state index is 11.0. The molecule has 112 valence electrons. The van der Waals surface area contributed by atoms with Gasteiger partial charge >= 0.3 is 0 Å². The van der Waals surface area contributed by atoms with E-state index in [-0.39, 0.29) is 5.69 Å². The molecular weight excluding hydrogens is 284 g/mol. The number of non-ortho nitro benzene ring substituents is 1. The van der Waals surface area contributed by atoms with Gasteiger partial charge in [0.1, 0.15) is 11.3 Å². The summed E-state index contributed by atoms with van der Waals surface area (Å²) < 4.78 is 10.9. The Kier molecular flexibility index (Phi) is 3.50. The van der Waals surface area contributed by atoms with E-state index >= 15 is 0 Å². The van der Waals surface area contributed by atoms with E-state index in [2.05, 4.69) is 4.98 Å². The van der Waals surface area contributed by atoms with Crippen molar-refractivity contribution in [3.63, 3.8) is 0 Å². The van der Waals surface area contributed by atoms with E-state index in [0.717, 1.165) is 16.9 Å². The van der Waals surface area contributed by atoms with Gasteiger partial charge < -0.3 is 9.15 Å². The van der Waals surface area contributed by atoms with Crippen molar-refractivity contribution in [2.24, 2.45) is 0 Å². The highest BCUT2D eigenvalue weighted by Gasteiger charge is 2.17. The van der Waals surface area contributed by atoms with Crippen molar-refractivity contribution in [2.45, 2.75) is 13.3 Å². The Morgan fingerprint density at radius 1 is 1.27 bits per heavy atom. The number of ether oxygens (including phenoxy) is 1. The summed E-state index contributed by atoms with van der Waals surface area (Å²) in [4.78, 5) is 15.0. The molecule has 2 aromatic carbocycles. The van der Waals surface area contributed by atoms with Gasteiger partial charge in [-0.15, -0.1) is 0 Å². The number of nitrogens with zero attached hydrogens (tertiary/aromatic N) is 2. The zero-order chi connectivity index (χ0) is 15.7. The minimum absolute atomic E-state index is 0.0268. The number of rotatable bonds is 4. The van der Waals surface area contributed by atoms with Crippen LogP contribution in [0.25, 0.3) is 22.6 Å². The lowest BCUT2D eigenvalue weighted by Gasteiger charge is -1.99. The molecule has 0 amide bonds. The molecule has 1 aromatic heterocycles. The minimum atomic E-state index is -0.416. The largest absolute Gasteiger partial charge is 0.497 e. The number of oxazole rings is 1. The number of aromatic nitrogens is 1. The van der Waals surface area contributed by atoms with Crippen LogP contribution in [0.4, 0.5) is 5.69 Å². The standard InChI is InChI=1S/C16H14N2O4/c1-3-10-8-12(18(19)20)9-14-15(10)22-16(17-14)11-4-6-13(21-2)7-5-11/h4-9H,3H2,1-2H3. The van der Waals surface area contributed by atoms with E-state index < -0.39 is 4.92 Å². The second kappa shape index (κ2) is 5.48. The Balaban J connectivity index is 2.13. The monoisotopic (exact) mass is 298 g/mol. The van der Waals surface area contributed by atoms with E-state index in [4.69, 9.17) is 9.15 Å². The number of nitro groups is 1. The molecule has 0 aliphatic carbocycles. The van der Waals surface area contributed by atoms with Gasteiger partial charge in [-0.05, 0) is 30.7 Å². The van der Waals surface area contributed by atoms with Crippen LogP contribution in [0.15, 0.2) is 40.8 Å². The van der Waals surface area contributed by atoms with E-state index in [1.807, 2.05) is 31.2 Å². The molecule has 0 N–H and O–H groups in total. The number of fused-ring (bicyclic) bond motifs is 1. The molecule has 6 nitrogen and oxygen atoms in total. The van der Waals surface area contributed by atoms with E-state index in [9.17, 15) is 10.1 Å². The lowest BCUT2D eigenvalue weighted by Crippen LogP contribution is -1.90. The summed E-state index contributed by atoms with van der Waals surface area (Å²) in [5, 5.41) is 11.0. The van der Waals surface area contributed by atoms with Crippen LogP contribution in [-0.2, 0) is 6.42 Å². The summed E-state index contributed by atoms with van der Waals surface area (Å²) in [6.45, 7) is 1.92. The molecule has 3 aromatic rings. The normalized spacial score (nSPS) is 10.8. The van der Waals surface area contributed by atoms with Crippen LogP contribution in [0, 0.1) is 10.1 Å². The third-order valence-electron chi connectivity index (χ3n) is 3.48.